The van der Waals surface area contributed by atoms with E-state index < -0.39 is 16.0 Å². The zero-order valence-corrected chi connectivity index (χ0v) is 14.0. The Morgan fingerprint density at radius 1 is 1.50 bits per heavy atom. The van der Waals surface area contributed by atoms with Gasteiger partial charge in [0.1, 0.15) is 5.82 Å². The van der Waals surface area contributed by atoms with Gasteiger partial charge >= 0.3 is 0 Å². The molecule has 0 bridgehead atoms. The van der Waals surface area contributed by atoms with Crippen molar-refractivity contribution in [2.75, 3.05) is 26.8 Å². The Morgan fingerprint density at radius 3 is 2.95 bits per heavy atom. The number of benzene rings is 1. The van der Waals surface area contributed by atoms with Crippen LogP contribution in [0.3, 0.4) is 0 Å². The minimum Gasteiger partial charge on any atom is -0.384 e. The van der Waals surface area contributed by atoms with Gasteiger partial charge in [0.2, 0.25) is 0 Å². The summed E-state index contributed by atoms with van der Waals surface area (Å²) in [6, 6.07) is 3.90. The summed E-state index contributed by atoms with van der Waals surface area (Å²) in [5.41, 5.74) is 0.539. The van der Waals surface area contributed by atoms with Crippen molar-refractivity contribution in [3.63, 3.8) is 0 Å². The molecule has 0 radical (unpaired) electrons. The third-order valence-electron chi connectivity index (χ3n) is 3.68. The summed E-state index contributed by atoms with van der Waals surface area (Å²) in [7, 11) is -1.97. The molecule has 2 rings (SSSR count). The van der Waals surface area contributed by atoms with Crippen LogP contribution < -0.4 is 4.72 Å². The van der Waals surface area contributed by atoms with E-state index in [2.05, 4.69) is 4.72 Å². The first kappa shape index (κ1) is 17.6. The molecule has 1 atom stereocenters. The molecule has 22 heavy (non-hydrogen) atoms. The molecule has 0 spiro atoms. The summed E-state index contributed by atoms with van der Waals surface area (Å²) in [5.74, 6) is -0.236. The predicted molar refractivity (Wildman–Crippen MR) is 83.3 cm³/mol. The lowest BCUT2D eigenvalue weighted by atomic mass is 10.0. The molecule has 0 saturated carbocycles. The van der Waals surface area contributed by atoms with Crippen LogP contribution >= 0.6 is 11.6 Å². The molecule has 124 valence electrons. The lowest BCUT2D eigenvalue weighted by Gasteiger charge is -2.31. The number of halogens is 2. The third-order valence-corrected chi connectivity index (χ3v) is 5.56. The van der Waals surface area contributed by atoms with Crippen LogP contribution in [-0.2, 0) is 21.5 Å². The number of piperidine rings is 1. The monoisotopic (exact) mass is 350 g/mol. The maximum absolute atomic E-state index is 13.0. The van der Waals surface area contributed by atoms with Crippen molar-refractivity contribution in [1.82, 2.24) is 9.03 Å². The fraction of sp³-hybridized carbons (Fsp3) is 0.571. The smallest absolute Gasteiger partial charge is 0.279 e. The number of methoxy groups -OCH3 is 1. The van der Waals surface area contributed by atoms with Crippen molar-refractivity contribution < 1.29 is 17.5 Å². The SMILES string of the molecule is COCC1CCCN(S(=O)(=O)NCc2ccc(F)cc2Cl)C1. The summed E-state index contributed by atoms with van der Waals surface area (Å²) < 4.78 is 46.7. The molecular formula is C14H20ClFN2O3S. The Hall–Kier alpha value is -0.730. The molecule has 0 aliphatic carbocycles. The lowest BCUT2D eigenvalue weighted by Crippen LogP contribution is -2.46. The lowest BCUT2D eigenvalue weighted by molar-refractivity contribution is 0.118. The number of hydrogen-bond donors (Lipinski definition) is 1. The number of rotatable bonds is 6. The molecule has 1 fully saturated rings. The van der Waals surface area contributed by atoms with Crippen LogP contribution in [0, 0.1) is 11.7 Å². The average Bonchev–Trinajstić information content (AvgIpc) is 2.47. The normalized spacial score (nSPS) is 20.2. The van der Waals surface area contributed by atoms with Crippen LogP contribution in [0.1, 0.15) is 18.4 Å². The molecule has 0 aromatic heterocycles. The molecule has 8 heteroatoms. The highest BCUT2D eigenvalue weighted by molar-refractivity contribution is 7.87. The average molecular weight is 351 g/mol. The van der Waals surface area contributed by atoms with E-state index in [-0.39, 0.29) is 17.5 Å². The minimum absolute atomic E-state index is 0.0346. The van der Waals surface area contributed by atoms with Gasteiger partial charge in [-0.2, -0.15) is 17.4 Å². The van der Waals surface area contributed by atoms with E-state index in [0.717, 1.165) is 12.8 Å². The zero-order valence-electron chi connectivity index (χ0n) is 12.4. The van der Waals surface area contributed by atoms with E-state index >= 15 is 0 Å². The van der Waals surface area contributed by atoms with E-state index in [4.69, 9.17) is 16.3 Å². The van der Waals surface area contributed by atoms with Crippen LogP contribution in [0.15, 0.2) is 18.2 Å². The molecule has 1 N–H and O–H groups in total. The number of hydrogen-bond acceptors (Lipinski definition) is 3. The van der Waals surface area contributed by atoms with Crippen LogP contribution in [-0.4, -0.2) is 39.5 Å². The van der Waals surface area contributed by atoms with Gasteiger partial charge in [-0.15, -0.1) is 0 Å². The molecule has 1 aromatic carbocycles. The third kappa shape index (κ3) is 4.63. The molecule has 1 heterocycles. The van der Waals surface area contributed by atoms with E-state index in [1.54, 1.807) is 7.11 Å². The van der Waals surface area contributed by atoms with Crippen molar-refractivity contribution in [3.8, 4) is 0 Å². The largest absolute Gasteiger partial charge is 0.384 e. The molecule has 5 nitrogen and oxygen atoms in total. The van der Waals surface area contributed by atoms with E-state index in [1.807, 2.05) is 0 Å². The summed E-state index contributed by atoms with van der Waals surface area (Å²) in [5, 5.41) is 0.207. The van der Waals surface area contributed by atoms with Gasteiger partial charge in [0.25, 0.3) is 10.2 Å². The highest BCUT2D eigenvalue weighted by Crippen LogP contribution is 2.20. The first-order valence-corrected chi connectivity index (χ1v) is 8.92. The van der Waals surface area contributed by atoms with Crippen molar-refractivity contribution in [2.24, 2.45) is 5.92 Å². The number of nitrogens with zero attached hydrogens (tertiary/aromatic N) is 1. The Bertz CT molecular complexity index is 610. The second-order valence-electron chi connectivity index (χ2n) is 5.38. The highest BCUT2D eigenvalue weighted by Gasteiger charge is 2.28. The van der Waals surface area contributed by atoms with Gasteiger partial charge in [-0.25, -0.2) is 4.39 Å². The van der Waals surface area contributed by atoms with E-state index in [9.17, 15) is 12.8 Å². The van der Waals surface area contributed by atoms with Crippen molar-refractivity contribution in [3.05, 3.63) is 34.6 Å². The predicted octanol–water partition coefficient (Wildman–Crippen LogP) is 2.17. The van der Waals surface area contributed by atoms with Crippen molar-refractivity contribution in [1.29, 1.82) is 0 Å². The molecular weight excluding hydrogens is 331 g/mol. The van der Waals surface area contributed by atoms with Crippen LogP contribution in [0.4, 0.5) is 4.39 Å². The summed E-state index contributed by atoms with van der Waals surface area (Å²) in [6.45, 7) is 1.52. The molecule has 1 unspecified atom stereocenters. The molecule has 1 saturated heterocycles. The summed E-state index contributed by atoms with van der Waals surface area (Å²) in [6.07, 6.45) is 1.77. The molecule has 1 aliphatic rings. The van der Waals surface area contributed by atoms with Crippen LogP contribution in [0.25, 0.3) is 0 Å². The quantitative estimate of drug-likeness (QED) is 0.855. The highest BCUT2D eigenvalue weighted by atomic mass is 35.5. The summed E-state index contributed by atoms with van der Waals surface area (Å²) >= 11 is 5.90. The zero-order chi connectivity index (χ0) is 16.2. The first-order chi connectivity index (χ1) is 10.4. The fourth-order valence-corrected chi connectivity index (χ4v) is 4.07. The van der Waals surface area contributed by atoms with Gasteiger partial charge in [0, 0.05) is 31.8 Å². The van der Waals surface area contributed by atoms with Gasteiger partial charge in [-0.3, -0.25) is 0 Å². The number of nitrogens with one attached hydrogen (secondary N) is 1. The van der Waals surface area contributed by atoms with Gasteiger partial charge in [0.05, 0.1) is 6.61 Å². The second-order valence-corrected chi connectivity index (χ2v) is 7.55. The van der Waals surface area contributed by atoms with Gasteiger partial charge in [-0.05, 0) is 36.5 Å². The topological polar surface area (TPSA) is 58.6 Å². The van der Waals surface area contributed by atoms with Crippen molar-refractivity contribution >= 4 is 21.8 Å². The summed E-state index contributed by atoms with van der Waals surface area (Å²) in [4.78, 5) is 0. The molecule has 0 amide bonds. The fourth-order valence-electron chi connectivity index (χ4n) is 2.54. The second kappa shape index (κ2) is 7.70. The Kier molecular flexibility index (Phi) is 6.17. The van der Waals surface area contributed by atoms with Crippen LogP contribution in [0.5, 0.6) is 0 Å². The maximum atomic E-state index is 13.0. The molecule has 1 aromatic rings. The van der Waals surface area contributed by atoms with E-state index in [1.165, 1.54) is 22.5 Å². The number of ether oxygens (including phenoxy) is 1. The van der Waals surface area contributed by atoms with Gasteiger partial charge in [-0.1, -0.05) is 17.7 Å². The Morgan fingerprint density at radius 2 is 2.27 bits per heavy atom. The van der Waals surface area contributed by atoms with Crippen LogP contribution in [0.2, 0.25) is 5.02 Å². The Labute approximate surface area is 135 Å². The minimum atomic E-state index is -3.58. The van der Waals surface area contributed by atoms with E-state index in [0.29, 0.717) is 25.3 Å². The van der Waals surface area contributed by atoms with Gasteiger partial charge in [0.15, 0.2) is 0 Å². The van der Waals surface area contributed by atoms with Gasteiger partial charge < -0.3 is 4.74 Å². The van der Waals surface area contributed by atoms with Crippen molar-refractivity contribution in [2.45, 2.75) is 19.4 Å². The molecule has 1 aliphatic heterocycles. The Balaban J connectivity index is 1.98. The standard InChI is InChI=1S/C14H20ClFN2O3S/c1-21-10-11-3-2-6-18(9-11)22(19,20)17-8-12-4-5-13(16)7-14(12)15/h4-5,7,11,17H,2-3,6,8-10H2,1H3. The first-order valence-electron chi connectivity index (χ1n) is 7.10. The maximum Gasteiger partial charge on any atom is 0.279 e.